The number of para-hydroxylation sites is 2. The van der Waals surface area contributed by atoms with Gasteiger partial charge in [0.15, 0.2) is 8.68 Å². The second kappa shape index (κ2) is 19.5. The summed E-state index contributed by atoms with van der Waals surface area (Å²) in [6, 6.07) is 16.5. The first-order valence-corrected chi connectivity index (χ1v) is 20.5. The Morgan fingerprint density at radius 3 is 1.37 bits per heavy atom. The Labute approximate surface area is 291 Å². The van der Waals surface area contributed by atoms with E-state index in [1.165, 1.54) is 129 Å². The van der Waals surface area contributed by atoms with Crippen LogP contribution in [-0.2, 0) is 0 Å². The quantitative estimate of drug-likeness (QED) is 0.0664. The predicted octanol–water partition coefficient (Wildman–Crippen LogP) is 12.1. The average Bonchev–Trinajstić information content (AvgIpc) is 3.67. The Balaban J connectivity index is 1.07. The third kappa shape index (κ3) is 11.5. The molecule has 0 N–H and O–H groups in total. The first-order chi connectivity index (χ1) is 22.7. The van der Waals surface area contributed by atoms with E-state index in [9.17, 15) is 0 Å². The van der Waals surface area contributed by atoms with Crippen LogP contribution < -0.4 is 4.90 Å². The smallest absolute Gasteiger partial charge is 0.230 e. The van der Waals surface area contributed by atoms with Crippen LogP contribution in [0.25, 0.3) is 20.4 Å². The van der Waals surface area contributed by atoms with E-state index in [4.69, 9.17) is 24.9 Å². The van der Waals surface area contributed by atoms with E-state index in [1.54, 1.807) is 22.7 Å². The summed E-state index contributed by atoms with van der Waals surface area (Å²) < 4.78 is 4.22. The number of thiazole rings is 2. The van der Waals surface area contributed by atoms with Gasteiger partial charge in [0.1, 0.15) is 0 Å². The zero-order valence-corrected chi connectivity index (χ0v) is 30.7. The van der Waals surface area contributed by atoms with Gasteiger partial charge in [-0.25, -0.2) is 9.97 Å². The molecular weight excluding hydrogens is 645 g/mol. The minimum absolute atomic E-state index is 0.673. The molecule has 3 heterocycles. The summed E-state index contributed by atoms with van der Waals surface area (Å²) >= 11 is 6.37. The van der Waals surface area contributed by atoms with E-state index in [1.807, 2.05) is 12.1 Å². The van der Waals surface area contributed by atoms with E-state index in [0.717, 1.165) is 32.7 Å². The fourth-order valence-electron chi connectivity index (χ4n) is 5.53. The van der Waals surface area contributed by atoms with Gasteiger partial charge in [-0.15, -0.1) is 22.7 Å². The molecule has 0 atom stereocenters. The van der Waals surface area contributed by atoms with Crippen LogP contribution in [0, 0.1) is 0 Å². The maximum atomic E-state index is 4.88. The standard InChI is InChI=1S/C36H48N6S4/c1-3-4-5-6-7-8-9-10-11-12-13-14-15-16-17-22-27-42(2)32-39-33(45-35-37-28-23-18-20-25-30(28)43-35)41-34(40-32)46-36-38-29-24-19-21-26-31(29)44-36/h18-21,23-26H,3-17,22,27H2,1-2H3. The van der Waals surface area contributed by atoms with Crippen LogP contribution in [0.4, 0.5) is 5.95 Å². The highest BCUT2D eigenvalue weighted by Crippen LogP contribution is 2.36. The van der Waals surface area contributed by atoms with E-state index in [0.29, 0.717) is 16.3 Å². The molecule has 10 heteroatoms. The molecule has 0 amide bonds. The Hall–Kier alpha value is -2.27. The van der Waals surface area contributed by atoms with Gasteiger partial charge in [0.2, 0.25) is 16.3 Å². The van der Waals surface area contributed by atoms with Crippen LogP contribution in [0.2, 0.25) is 0 Å². The van der Waals surface area contributed by atoms with Gasteiger partial charge in [0, 0.05) is 13.6 Å². The van der Waals surface area contributed by atoms with Gasteiger partial charge in [0.25, 0.3) is 0 Å². The molecule has 3 aromatic heterocycles. The Bertz CT molecular complexity index is 1440. The van der Waals surface area contributed by atoms with E-state index in [-0.39, 0.29) is 0 Å². The highest BCUT2D eigenvalue weighted by molar-refractivity contribution is 8.01. The molecule has 2 aromatic carbocycles. The van der Waals surface area contributed by atoms with Crippen molar-refractivity contribution in [2.24, 2.45) is 0 Å². The molecule has 0 fully saturated rings. The second-order valence-electron chi connectivity index (χ2n) is 12.0. The third-order valence-electron chi connectivity index (χ3n) is 8.18. The van der Waals surface area contributed by atoms with Gasteiger partial charge in [-0.1, -0.05) is 128 Å². The summed E-state index contributed by atoms with van der Waals surface area (Å²) in [6.07, 6.45) is 22.0. The Morgan fingerprint density at radius 1 is 0.522 bits per heavy atom. The summed E-state index contributed by atoms with van der Waals surface area (Å²) in [7, 11) is 2.10. The SMILES string of the molecule is CCCCCCCCCCCCCCCCCCN(C)c1nc(Sc2nc3ccccc3s2)nc(Sc2nc3ccccc3s2)n1. The van der Waals surface area contributed by atoms with Gasteiger partial charge in [-0.05, 0) is 54.2 Å². The van der Waals surface area contributed by atoms with Crippen LogP contribution in [-0.4, -0.2) is 38.5 Å². The Morgan fingerprint density at radius 2 is 0.935 bits per heavy atom. The van der Waals surface area contributed by atoms with Crippen molar-refractivity contribution in [3.63, 3.8) is 0 Å². The lowest BCUT2D eigenvalue weighted by molar-refractivity contribution is 0.529. The predicted molar refractivity (Wildman–Crippen MR) is 200 cm³/mol. The van der Waals surface area contributed by atoms with E-state index in [2.05, 4.69) is 55.3 Å². The fraction of sp³-hybridized carbons (Fsp3) is 0.528. The van der Waals surface area contributed by atoms with Gasteiger partial charge < -0.3 is 4.90 Å². The molecule has 0 unspecified atom stereocenters. The molecule has 5 rings (SSSR count). The number of fused-ring (bicyclic) bond motifs is 2. The number of unbranched alkanes of at least 4 members (excludes halogenated alkanes) is 15. The van der Waals surface area contributed by atoms with Crippen molar-refractivity contribution >= 4 is 72.6 Å². The zero-order valence-electron chi connectivity index (χ0n) is 27.5. The molecule has 6 nitrogen and oxygen atoms in total. The first kappa shape index (κ1) is 35.0. The normalized spacial score (nSPS) is 11.6. The monoisotopic (exact) mass is 692 g/mol. The first-order valence-electron chi connectivity index (χ1n) is 17.2. The van der Waals surface area contributed by atoms with Crippen LogP contribution in [0.1, 0.15) is 110 Å². The fourth-order valence-corrected chi connectivity index (χ4v) is 9.42. The topological polar surface area (TPSA) is 67.7 Å². The van der Waals surface area contributed by atoms with Gasteiger partial charge in [0.05, 0.1) is 20.4 Å². The van der Waals surface area contributed by atoms with Gasteiger partial charge in [-0.2, -0.15) is 15.0 Å². The maximum Gasteiger partial charge on any atom is 0.230 e. The highest BCUT2D eigenvalue weighted by atomic mass is 32.2. The number of rotatable bonds is 22. The molecule has 0 aliphatic rings. The molecule has 0 bridgehead atoms. The van der Waals surface area contributed by atoms with Crippen molar-refractivity contribution in [3.05, 3.63) is 48.5 Å². The van der Waals surface area contributed by atoms with Crippen molar-refractivity contribution < 1.29 is 0 Å². The number of nitrogens with zero attached hydrogens (tertiary/aromatic N) is 6. The molecule has 0 aliphatic heterocycles. The number of aromatic nitrogens is 5. The number of benzene rings is 2. The van der Waals surface area contributed by atoms with Crippen LogP contribution in [0.5, 0.6) is 0 Å². The molecule has 0 radical (unpaired) electrons. The summed E-state index contributed by atoms with van der Waals surface area (Å²) in [5, 5.41) is 1.35. The summed E-state index contributed by atoms with van der Waals surface area (Å²) in [5.74, 6) is 0.711. The largest absolute Gasteiger partial charge is 0.344 e. The maximum absolute atomic E-state index is 4.88. The lowest BCUT2D eigenvalue weighted by Crippen LogP contribution is -2.21. The molecule has 0 saturated heterocycles. The molecule has 0 aliphatic carbocycles. The highest BCUT2D eigenvalue weighted by Gasteiger charge is 2.16. The molecular formula is C36H48N6S4. The molecule has 0 spiro atoms. The number of hydrogen-bond donors (Lipinski definition) is 0. The summed E-state index contributed by atoms with van der Waals surface area (Å²) in [6.45, 7) is 3.22. The molecule has 46 heavy (non-hydrogen) atoms. The van der Waals surface area contributed by atoms with Crippen molar-refractivity contribution in [2.45, 2.75) is 129 Å². The number of anilines is 1. The minimum atomic E-state index is 0.673. The molecule has 246 valence electrons. The van der Waals surface area contributed by atoms with Crippen molar-refractivity contribution in [1.29, 1.82) is 0 Å². The lowest BCUT2D eigenvalue weighted by atomic mass is 10.0. The molecule has 5 aromatic rings. The minimum Gasteiger partial charge on any atom is -0.344 e. The van der Waals surface area contributed by atoms with Crippen molar-refractivity contribution in [1.82, 2.24) is 24.9 Å². The van der Waals surface area contributed by atoms with Crippen molar-refractivity contribution in [2.75, 3.05) is 18.5 Å². The van der Waals surface area contributed by atoms with Crippen LogP contribution in [0.3, 0.4) is 0 Å². The zero-order chi connectivity index (χ0) is 31.8. The van der Waals surface area contributed by atoms with E-state index < -0.39 is 0 Å². The van der Waals surface area contributed by atoms with Crippen molar-refractivity contribution in [3.8, 4) is 0 Å². The van der Waals surface area contributed by atoms with Crippen LogP contribution in [0.15, 0.2) is 67.5 Å². The number of hydrogen-bond acceptors (Lipinski definition) is 10. The second-order valence-corrected chi connectivity index (χ2v) is 16.5. The molecule has 0 saturated carbocycles. The lowest BCUT2D eigenvalue weighted by Gasteiger charge is -2.17. The summed E-state index contributed by atoms with van der Waals surface area (Å²) in [5.41, 5.74) is 2.02. The summed E-state index contributed by atoms with van der Waals surface area (Å²) in [4.78, 5) is 26.4. The van der Waals surface area contributed by atoms with E-state index >= 15 is 0 Å². The van der Waals surface area contributed by atoms with Gasteiger partial charge in [-0.3, -0.25) is 0 Å². The average molecular weight is 693 g/mol. The Kier molecular flexibility index (Phi) is 14.9. The van der Waals surface area contributed by atoms with Crippen LogP contribution >= 0.6 is 46.2 Å². The van der Waals surface area contributed by atoms with Gasteiger partial charge >= 0.3 is 0 Å². The third-order valence-corrected chi connectivity index (χ3v) is 12.1.